The van der Waals surface area contributed by atoms with Crippen LogP contribution in [-0.4, -0.2) is 36.1 Å². The molecule has 5 rings (SSSR count). The fourth-order valence-electron chi connectivity index (χ4n) is 2.96. The van der Waals surface area contributed by atoms with Crippen LogP contribution in [0.15, 0.2) is 49.3 Å². The van der Waals surface area contributed by atoms with Crippen molar-refractivity contribution in [1.82, 2.24) is 29.5 Å². The molecule has 4 aromatic rings. The average molecular weight is 397 g/mol. The van der Waals surface area contributed by atoms with Gasteiger partial charge in [0.1, 0.15) is 5.82 Å². The van der Waals surface area contributed by atoms with Gasteiger partial charge in [-0.25, -0.2) is 19.0 Å². The average Bonchev–Trinajstić information content (AvgIpc) is 3.17. The number of nitrogens with one attached hydrogen (secondary N) is 1. The third-order valence-corrected chi connectivity index (χ3v) is 4.92. The van der Waals surface area contributed by atoms with Crippen molar-refractivity contribution in [3.8, 4) is 16.9 Å². The highest BCUT2D eigenvalue weighted by molar-refractivity contribution is 6.33. The summed E-state index contributed by atoms with van der Waals surface area (Å²) in [5.74, 6) is -0.495. The summed E-state index contributed by atoms with van der Waals surface area (Å²) in [5, 5.41) is 7.32. The molecule has 0 unspecified atom stereocenters. The first kappa shape index (κ1) is 16.9. The molecule has 1 saturated carbocycles. The van der Waals surface area contributed by atoms with E-state index in [1.807, 2.05) is 10.6 Å². The van der Waals surface area contributed by atoms with Crippen LogP contribution in [0.3, 0.4) is 0 Å². The van der Waals surface area contributed by atoms with Gasteiger partial charge in [0, 0.05) is 35.8 Å². The number of hydrogen-bond donors (Lipinski definition) is 1. The number of carbonyl (C=O) groups excluding carboxylic acids is 1. The Bertz CT molecular complexity index is 1210. The summed E-state index contributed by atoms with van der Waals surface area (Å²) in [4.78, 5) is 20.8. The number of fused-ring (bicyclic) bond motifs is 1. The largest absolute Gasteiger partial charge is 0.349 e. The minimum Gasteiger partial charge on any atom is -0.349 e. The molecule has 1 fully saturated rings. The van der Waals surface area contributed by atoms with Gasteiger partial charge in [0.2, 0.25) is 0 Å². The van der Waals surface area contributed by atoms with Gasteiger partial charge in [-0.3, -0.25) is 4.79 Å². The van der Waals surface area contributed by atoms with E-state index in [9.17, 15) is 9.18 Å². The number of halogens is 2. The molecule has 1 amide bonds. The SMILES string of the molecule is O=C(NC1CC1)c1cc(-c2cnn(-c3cn4ccnc4cn3)c2)c(Cl)cc1F. The molecule has 0 saturated heterocycles. The number of rotatable bonds is 4. The standard InChI is InChI=1S/C19H14ClFN6O/c20-15-6-16(21)14(19(28)25-12-1-2-12)5-13(15)11-7-24-27(9-11)18-10-26-4-3-22-17(26)8-23-18/h3-10,12H,1-2H2,(H,25,28). The second-order valence-corrected chi connectivity index (χ2v) is 7.08. The van der Waals surface area contributed by atoms with Crippen LogP contribution in [0.4, 0.5) is 4.39 Å². The minimum atomic E-state index is -0.647. The minimum absolute atomic E-state index is 0.0305. The van der Waals surface area contributed by atoms with E-state index < -0.39 is 11.7 Å². The van der Waals surface area contributed by atoms with Crippen LogP contribution >= 0.6 is 11.6 Å². The molecule has 1 aliphatic carbocycles. The molecule has 1 N–H and O–H groups in total. The Morgan fingerprint density at radius 2 is 2.07 bits per heavy atom. The van der Waals surface area contributed by atoms with Gasteiger partial charge in [0.25, 0.3) is 5.91 Å². The molecule has 0 aliphatic heterocycles. The Morgan fingerprint density at radius 3 is 2.89 bits per heavy atom. The van der Waals surface area contributed by atoms with E-state index in [1.165, 1.54) is 6.07 Å². The Kier molecular flexibility index (Phi) is 3.87. The summed E-state index contributed by atoms with van der Waals surface area (Å²) in [6.07, 6.45) is 12.1. The van der Waals surface area contributed by atoms with Crippen LogP contribution in [-0.2, 0) is 0 Å². The summed E-state index contributed by atoms with van der Waals surface area (Å²) in [5.41, 5.74) is 1.87. The summed E-state index contributed by atoms with van der Waals surface area (Å²) in [6, 6.07) is 2.76. The van der Waals surface area contributed by atoms with Crippen LogP contribution in [0, 0.1) is 5.82 Å². The molecule has 0 spiro atoms. The van der Waals surface area contributed by atoms with Crippen molar-refractivity contribution in [2.24, 2.45) is 0 Å². The van der Waals surface area contributed by atoms with Crippen LogP contribution in [0.5, 0.6) is 0 Å². The molecule has 1 aromatic carbocycles. The molecular formula is C19H14ClFN6O. The van der Waals surface area contributed by atoms with Crippen LogP contribution < -0.4 is 5.32 Å². The second-order valence-electron chi connectivity index (χ2n) is 6.67. The first-order valence-corrected chi connectivity index (χ1v) is 9.10. The second kappa shape index (κ2) is 6.42. The van der Waals surface area contributed by atoms with E-state index in [0.29, 0.717) is 16.9 Å². The Morgan fingerprint density at radius 1 is 1.21 bits per heavy atom. The van der Waals surface area contributed by atoms with Crippen LogP contribution in [0.1, 0.15) is 23.2 Å². The molecule has 7 nitrogen and oxygen atoms in total. The monoisotopic (exact) mass is 396 g/mol. The zero-order valence-electron chi connectivity index (χ0n) is 14.5. The molecule has 1 aliphatic rings. The van der Waals surface area contributed by atoms with Gasteiger partial charge >= 0.3 is 0 Å². The first-order chi connectivity index (χ1) is 13.6. The van der Waals surface area contributed by atoms with Gasteiger partial charge < -0.3 is 9.72 Å². The van der Waals surface area contributed by atoms with Crippen molar-refractivity contribution in [3.05, 3.63) is 65.7 Å². The first-order valence-electron chi connectivity index (χ1n) is 8.72. The fraction of sp³-hybridized carbons (Fsp3) is 0.158. The molecule has 140 valence electrons. The number of imidazole rings is 1. The van der Waals surface area contributed by atoms with Gasteiger partial charge in [-0.1, -0.05) is 11.6 Å². The predicted octanol–water partition coefficient (Wildman–Crippen LogP) is 3.27. The van der Waals surface area contributed by atoms with Crippen molar-refractivity contribution in [2.75, 3.05) is 0 Å². The van der Waals surface area contributed by atoms with Crippen molar-refractivity contribution >= 4 is 23.2 Å². The Labute approximate surface area is 163 Å². The van der Waals surface area contributed by atoms with Gasteiger partial charge in [0.05, 0.1) is 29.2 Å². The normalized spacial score (nSPS) is 13.8. The van der Waals surface area contributed by atoms with E-state index in [4.69, 9.17) is 11.6 Å². The molecule has 3 aromatic heterocycles. The highest BCUT2D eigenvalue weighted by Crippen LogP contribution is 2.31. The zero-order valence-corrected chi connectivity index (χ0v) is 15.3. The molecule has 3 heterocycles. The zero-order chi connectivity index (χ0) is 19.3. The molecule has 9 heteroatoms. The van der Waals surface area contributed by atoms with Crippen molar-refractivity contribution in [1.29, 1.82) is 0 Å². The number of nitrogens with zero attached hydrogens (tertiary/aromatic N) is 5. The summed E-state index contributed by atoms with van der Waals surface area (Å²) < 4.78 is 17.7. The van der Waals surface area contributed by atoms with Crippen molar-refractivity contribution in [2.45, 2.75) is 18.9 Å². The maximum absolute atomic E-state index is 14.3. The quantitative estimate of drug-likeness (QED) is 0.574. The van der Waals surface area contributed by atoms with E-state index in [1.54, 1.807) is 35.7 Å². The smallest absolute Gasteiger partial charge is 0.254 e. The van der Waals surface area contributed by atoms with E-state index in [0.717, 1.165) is 24.6 Å². The third-order valence-electron chi connectivity index (χ3n) is 4.61. The topological polar surface area (TPSA) is 77.1 Å². The Hall–Kier alpha value is -3.26. The maximum atomic E-state index is 14.3. The highest BCUT2D eigenvalue weighted by atomic mass is 35.5. The lowest BCUT2D eigenvalue weighted by Crippen LogP contribution is -2.26. The number of amides is 1. The van der Waals surface area contributed by atoms with Crippen LogP contribution in [0.25, 0.3) is 22.6 Å². The molecule has 0 radical (unpaired) electrons. The lowest BCUT2D eigenvalue weighted by molar-refractivity contribution is 0.0947. The van der Waals surface area contributed by atoms with Crippen molar-refractivity contribution < 1.29 is 9.18 Å². The Balaban J connectivity index is 1.51. The van der Waals surface area contributed by atoms with Gasteiger partial charge in [-0.2, -0.15) is 5.10 Å². The van der Waals surface area contributed by atoms with E-state index >= 15 is 0 Å². The third kappa shape index (κ3) is 3.01. The molecular weight excluding hydrogens is 383 g/mol. The van der Waals surface area contributed by atoms with Crippen LogP contribution in [0.2, 0.25) is 5.02 Å². The number of carbonyl (C=O) groups is 1. The van der Waals surface area contributed by atoms with Gasteiger partial charge in [-0.05, 0) is 25.0 Å². The lowest BCUT2D eigenvalue weighted by Gasteiger charge is -2.08. The number of benzene rings is 1. The predicted molar refractivity (Wildman–Crippen MR) is 101 cm³/mol. The molecule has 28 heavy (non-hydrogen) atoms. The lowest BCUT2D eigenvalue weighted by atomic mass is 10.0. The molecule has 0 bridgehead atoms. The highest BCUT2D eigenvalue weighted by Gasteiger charge is 2.26. The number of hydrogen-bond acceptors (Lipinski definition) is 4. The summed E-state index contributed by atoms with van der Waals surface area (Å²) >= 11 is 6.24. The number of aromatic nitrogens is 5. The maximum Gasteiger partial charge on any atom is 0.254 e. The summed E-state index contributed by atoms with van der Waals surface area (Å²) in [6.45, 7) is 0. The van der Waals surface area contributed by atoms with Gasteiger partial charge in [0.15, 0.2) is 11.5 Å². The summed E-state index contributed by atoms with van der Waals surface area (Å²) in [7, 11) is 0. The molecule has 0 atom stereocenters. The van der Waals surface area contributed by atoms with E-state index in [2.05, 4.69) is 20.4 Å². The van der Waals surface area contributed by atoms with Crippen molar-refractivity contribution in [3.63, 3.8) is 0 Å². The van der Waals surface area contributed by atoms with Gasteiger partial charge in [-0.15, -0.1) is 0 Å². The fourth-order valence-corrected chi connectivity index (χ4v) is 3.22. The van der Waals surface area contributed by atoms with E-state index in [-0.39, 0.29) is 16.6 Å².